The van der Waals surface area contributed by atoms with Crippen LogP contribution in [0, 0.1) is 0 Å². The van der Waals surface area contributed by atoms with Crippen LogP contribution < -0.4 is 5.32 Å². The van der Waals surface area contributed by atoms with Crippen molar-refractivity contribution in [2.75, 3.05) is 0 Å². The van der Waals surface area contributed by atoms with Crippen LogP contribution in [-0.4, -0.2) is 29.0 Å². The average molecular weight is 276 g/mol. The molecule has 0 bridgehead atoms. The van der Waals surface area contributed by atoms with E-state index in [9.17, 15) is 4.79 Å². The third-order valence-corrected chi connectivity index (χ3v) is 4.38. The Morgan fingerprint density at radius 2 is 2.13 bits per heavy atom. The topological polar surface area (TPSA) is 38.3 Å². The second kappa shape index (κ2) is 4.83. The highest BCUT2D eigenvalue weighted by atomic mass is 79.9. The molecule has 0 radical (unpaired) electrons. The van der Waals surface area contributed by atoms with E-state index in [4.69, 9.17) is 4.74 Å². The Morgan fingerprint density at radius 3 is 2.67 bits per heavy atom. The van der Waals surface area contributed by atoms with Crippen molar-refractivity contribution < 1.29 is 9.53 Å². The van der Waals surface area contributed by atoms with Crippen LogP contribution in [0.5, 0.6) is 0 Å². The van der Waals surface area contributed by atoms with E-state index in [1.54, 1.807) is 0 Å². The molecule has 4 unspecified atom stereocenters. The van der Waals surface area contributed by atoms with Gasteiger partial charge in [0.1, 0.15) is 6.10 Å². The highest BCUT2D eigenvalue weighted by molar-refractivity contribution is 9.09. The van der Waals surface area contributed by atoms with Gasteiger partial charge >= 0.3 is 0 Å². The summed E-state index contributed by atoms with van der Waals surface area (Å²) in [7, 11) is 0. The number of ether oxygens (including phenoxy) is 1. The molecule has 2 rings (SSSR count). The highest BCUT2D eigenvalue weighted by Gasteiger charge is 2.32. The molecule has 4 atom stereocenters. The second-order valence-electron chi connectivity index (χ2n) is 4.57. The Morgan fingerprint density at radius 1 is 1.33 bits per heavy atom. The van der Waals surface area contributed by atoms with Crippen molar-refractivity contribution in [1.82, 2.24) is 5.32 Å². The molecule has 1 amide bonds. The lowest BCUT2D eigenvalue weighted by molar-refractivity contribution is -0.132. The van der Waals surface area contributed by atoms with Gasteiger partial charge < -0.3 is 10.1 Å². The van der Waals surface area contributed by atoms with Crippen molar-refractivity contribution in [3.63, 3.8) is 0 Å². The zero-order valence-corrected chi connectivity index (χ0v) is 10.6. The third-order valence-electron chi connectivity index (χ3n) is 3.28. The Labute approximate surface area is 99.1 Å². The Kier molecular flexibility index (Phi) is 3.67. The highest BCUT2D eigenvalue weighted by Crippen LogP contribution is 2.26. The number of amides is 1. The van der Waals surface area contributed by atoms with Gasteiger partial charge in [-0.05, 0) is 32.6 Å². The maximum absolute atomic E-state index is 11.8. The molecule has 15 heavy (non-hydrogen) atoms. The Bertz CT molecular complexity index is 247. The molecular weight excluding hydrogens is 258 g/mol. The second-order valence-corrected chi connectivity index (χ2v) is 5.75. The SMILES string of the molecule is CC1CCC(C(=O)NC2CCCC2Br)O1. The summed E-state index contributed by atoms with van der Waals surface area (Å²) < 4.78 is 5.54. The van der Waals surface area contributed by atoms with E-state index in [-0.39, 0.29) is 18.1 Å². The molecule has 1 aliphatic carbocycles. The first-order valence-electron chi connectivity index (χ1n) is 5.76. The van der Waals surface area contributed by atoms with Gasteiger partial charge in [0.2, 0.25) is 5.91 Å². The van der Waals surface area contributed by atoms with Gasteiger partial charge in [-0.1, -0.05) is 22.4 Å². The molecule has 1 N–H and O–H groups in total. The first-order chi connectivity index (χ1) is 7.16. The molecular formula is C11H18BrNO2. The van der Waals surface area contributed by atoms with Gasteiger partial charge in [0.25, 0.3) is 0 Å². The Balaban J connectivity index is 1.81. The minimum atomic E-state index is -0.208. The van der Waals surface area contributed by atoms with Crippen LogP contribution in [0.25, 0.3) is 0 Å². The molecule has 3 nitrogen and oxygen atoms in total. The zero-order valence-electron chi connectivity index (χ0n) is 9.04. The normalized spacial score (nSPS) is 40.7. The molecule has 1 saturated heterocycles. The van der Waals surface area contributed by atoms with Gasteiger partial charge in [0.05, 0.1) is 6.10 Å². The fourth-order valence-corrected chi connectivity index (χ4v) is 3.07. The maximum Gasteiger partial charge on any atom is 0.249 e. The van der Waals surface area contributed by atoms with E-state index in [1.807, 2.05) is 6.92 Å². The Hall–Kier alpha value is -0.0900. The van der Waals surface area contributed by atoms with E-state index in [0.717, 1.165) is 25.7 Å². The minimum Gasteiger partial charge on any atom is -0.365 e. The molecule has 1 saturated carbocycles. The summed E-state index contributed by atoms with van der Waals surface area (Å²) in [6.45, 7) is 2.02. The van der Waals surface area contributed by atoms with Crippen molar-refractivity contribution in [2.24, 2.45) is 0 Å². The van der Waals surface area contributed by atoms with E-state index in [0.29, 0.717) is 10.9 Å². The number of carbonyl (C=O) groups excluding carboxylic acids is 1. The maximum atomic E-state index is 11.8. The van der Waals surface area contributed by atoms with Gasteiger partial charge in [-0.25, -0.2) is 0 Å². The van der Waals surface area contributed by atoms with E-state index in [1.165, 1.54) is 6.42 Å². The summed E-state index contributed by atoms with van der Waals surface area (Å²) in [5, 5.41) is 3.08. The van der Waals surface area contributed by atoms with Crippen LogP contribution in [0.15, 0.2) is 0 Å². The van der Waals surface area contributed by atoms with Gasteiger partial charge in [0, 0.05) is 10.9 Å². The van der Waals surface area contributed by atoms with Crippen LogP contribution in [-0.2, 0) is 9.53 Å². The smallest absolute Gasteiger partial charge is 0.249 e. The molecule has 2 fully saturated rings. The van der Waals surface area contributed by atoms with Crippen molar-refractivity contribution in [2.45, 2.75) is 62.1 Å². The first-order valence-corrected chi connectivity index (χ1v) is 6.68. The van der Waals surface area contributed by atoms with Crippen molar-refractivity contribution in [1.29, 1.82) is 0 Å². The number of hydrogen-bond donors (Lipinski definition) is 1. The lowest BCUT2D eigenvalue weighted by atomic mass is 10.2. The van der Waals surface area contributed by atoms with Crippen LogP contribution in [0.2, 0.25) is 0 Å². The van der Waals surface area contributed by atoms with Crippen LogP contribution >= 0.6 is 15.9 Å². The predicted octanol–water partition coefficient (Wildman–Crippen LogP) is 1.99. The van der Waals surface area contributed by atoms with E-state index >= 15 is 0 Å². The molecule has 0 aromatic rings. The van der Waals surface area contributed by atoms with Crippen LogP contribution in [0.3, 0.4) is 0 Å². The summed E-state index contributed by atoms with van der Waals surface area (Å²) >= 11 is 3.60. The summed E-state index contributed by atoms with van der Waals surface area (Å²) in [5.41, 5.74) is 0. The van der Waals surface area contributed by atoms with Gasteiger partial charge in [-0.2, -0.15) is 0 Å². The molecule has 4 heteroatoms. The van der Waals surface area contributed by atoms with Crippen molar-refractivity contribution in [3.05, 3.63) is 0 Å². The number of nitrogens with one attached hydrogen (secondary N) is 1. The molecule has 0 aromatic carbocycles. The number of hydrogen-bond acceptors (Lipinski definition) is 2. The summed E-state index contributed by atoms with van der Waals surface area (Å²) in [5.74, 6) is 0.0794. The average Bonchev–Trinajstić information content (AvgIpc) is 2.77. The number of carbonyl (C=O) groups is 1. The molecule has 0 aromatic heterocycles. The molecule has 86 valence electrons. The van der Waals surface area contributed by atoms with E-state index in [2.05, 4.69) is 21.2 Å². The summed E-state index contributed by atoms with van der Waals surface area (Å²) in [6, 6.07) is 0.303. The summed E-state index contributed by atoms with van der Waals surface area (Å²) in [4.78, 5) is 12.3. The first kappa shape index (κ1) is 11.4. The largest absolute Gasteiger partial charge is 0.365 e. The fraction of sp³-hybridized carbons (Fsp3) is 0.909. The predicted molar refractivity (Wildman–Crippen MR) is 62.1 cm³/mol. The number of halogens is 1. The lowest BCUT2D eigenvalue weighted by Gasteiger charge is -2.19. The van der Waals surface area contributed by atoms with Crippen LogP contribution in [0.1, 0.15) is 39.0 Å². The van der Waals surface area contributed by atoms with Crippen molar-refractivity contribution >= 4 is 21.8 Å². The van der Waals surface area contributed by atoms with Gasteiger partial charge in [-0.15, -0.1) is 0 Å². The standard InChI is InChI=1S/C11H18BrNO2/c1-7-5-6-10(15-7)11(14)13-9-4-2-3-8(9)12/h7-10H,2-6H2,1H3,(H,13,14). The summed E-state index contributed by atoms with van der Waals surface area (Å²) in [6.07, 6.45) is 5.34. The number of rotatable bonds is 2. The van der Waals surface area contributed by atoms with E-state index < -0.39 is 0 Å². The molecule has 1 aliphatic heterocycles. The van der Waals surface area contributed by atoms with Crippen molar-refractivity contribution in [3.8, 4) is 0 Å². The van der Waals surface area contributed by atoms with Crippen LogP contribution in [0.4, 0.5) is 0 Å². The lowest BCUT2D eigenvalue weighted by Crippen LogP contribution is -2.43. The van der Waals surface area contributed by atoms with Gasteiger partial charge in [-0.3, -0.25) is 4.79 Å². The minimum absolute atomic E-state index is 0.0794. The molecule has 1 heterocycles. The fourth-order valence-electron chi connectivity index (χ4n) is 2.35. The zero-order chi connectivity index (χ0) is 10.8. The monoisotopic (exact) mass is 275 g/mol. The molecule has 2 aliphatic rings. The molecule has 0 spiro atoms. The van der Waals surface area contributed by atoms with Gasteiger partial charge in [0.15, 0.2) is 0 Å². The third kappa shape index (κ3) is 2.72. The number of alkyl halides is 1. The quantitative estimate of drug-likeness (QED) is 0.783.